The van der Waals surface area contributed by atoms with Crippen LogP contribution in [0.4, 0.5) is 0 Å². The summed E-state index contributed by atoms with van der Waals surface area (Å²) in [4.78, 5) is 35.0. The Bertz CT molecular complexity index is 425. The molecule has 0 bridgehead atoms. The van der Waals surface area contributed by atoms with E-state index in [0.717, 1.165) is 10.5 Å². The van der Waals surface area contributed by atoms with Crippen LogP contribution >= 0.6 is 0 Å². The van der Waals surface area contributed by atoms with Gasteiger partial charge < -0.3 is 0 Å². The molecule has 0 aromatic heterocycles. The zero-order valence-corrected chi connectivity index (χ0v) is 9.26. The molecule has 4 nitrogen and oxygen atoms in total. The van der Waals surface area contributed by atoms with E-state index < -0.39 is 6.04 Å². The van der Waals surface area contributed by atoms with Crippen molar-refractivity contribution in [3.05, 3.63) is 35.9 Å². The molecule has 1 aliphatic heterocycles. The first-order chi connectivity index (χ1) is 8.22. The van der Waals surface area contributed by atoms with Crippen molar-refractivity contribution in [2.75, 3.05) is 0 Å². The molecule has 1 saturated heterocycles. The summed E-state index contributed by atoms with van der Waals surface area (Å²) in [6.07, 6.45) is 2.52. The van der Waals surface area contributed by atoms with Gasteiger partial charge in [-0.3, -0.25) is 19.3 Å². The van der Waals surface area contributed by atoms with E-state index in [0.29, 0.717) is 6.42 Å². The van der Waals surface area contributed by atoms with E-state index in [-0.39, 0.29) is 24.7 Å². The molecule has 1 atom stereocenters. The molecule has 1 heterocycles. The quantitative estimate of drug-likeness (QED) is 0.721. The largest absolute Gasteiger partial charge is 0.288 e. The zero-order chi connectivity index (χ0) is 12.3. The summed E-state index contributed by atoms with van der Waals surface area (Å²) in [5, 5.41) is 0. The maximum atomic E-state index is 11.5. The smallest absolute Gasteiger partial charge is 0.230 e. The summed E-state index contributed by atoms with van der Waals surface area (Å²) in [5.74, 6) is -0.557. The van der Waals surface area contributed by atoms with Crippen molar-refractivity contribution in [2.45, 2.75) is 25.3 Å². The van der Waals surface area contributed by atoms with Crippen LogP contribution in [0.5, 0.6) is 0 Å². The lowest BCUT2D eigenvalue weighted by Crippen LogP contribution is -2.41. The Morgan fingerprint density at radius 2 is 1.71 bits per heavy atom. The summed E-state index contributed by atoms with van der Waals surface area (Å²) >= 11 is 0. The van der Waals surface area contributed by atoms with Crippen molar-refractivity contribution in [2.24, 2.45) is 0 Å². The fraction of sp³-hybridized carbons (Fsp3) is 0.308. The van der Waals surface area contributed by atoms with Crippen LogP contribution in [0.1, 0.15) is 18.4 Å². The van der Waals surface area contributed by atoms with Gasteiger partial charge in [0.1, 0.15) is 6.04 Å². The van der Waals surface area contributed by atoms with E-state index in [1.165, 1.54) is 0 Å². The second kappa shape index (κ2) is 4.91. The highest BCUT2D eigenvalue weighted by Crippen LogP contribution is 2.17. The molecule has 0 saturated carbocycles. The van der Waals surface area contributed by atoms with E-state index in [1.807, 2.05) is 30.3 Å². The number of carbonyl (C=O) groups excluding carboxylic acids is 3. The fourth-order valence-corrected chi connectivity index (χ4v) is 1.96. The summed E-state index contributed by atoms with van der Waals surface area (Å²) < 4.78 is 0. The number of nitrogens with zero attached hydrogens (tertiary/aromatic N) is 1. The van der Waals surface area contributed by atoms with Crippen molar-refractivity contribution in [1.82, 2.24) is 4.90 Å². The van der Waals surface area contributed by atoms with Crippen LogP contribution in [0.15, 0.2) is 30.3 Å². The maximum Gasteiger partial charge on any atom is 0.230 e. The van der Waals surface area contributed by atoms with Gasteiger partial charge in [0.05, 0.1) is 0 Å². The Hall–Kier alpha value is -1.97. The van der Waals surface area contributed by atoms with Gasteiger partial charge in [0.2, 0.25) is 18.1 Å². The lowest BCUT2D eigenvalue weighted by molar-refractivity contribution is -0.139. The number of rotatable bonds is 4. The number of amides is 2. The predicted octanol–water partition coefficient (Wildman–Crippen LogP) is 0.856. The number of hydrogen-bond acceptors (Lipinski definition) is 3. The molecule has 2 amide bonds. The molecule has 0 spiro atoms. The van der Waals surface area contributed by atoms with Gasteiger partial charge in [-0.2, -0.15) is 0 Å². The highest BCUT2D eigenvalue weighted by molar-refractivity contribution is 6.04. The van der Waals surface area contributed by atoms with E-state index in [2.05, 4.69) is 0 Å². The lowest BCUT2D eigenvalue weighted by Gasteiger charge is -2.20. The zero-order valence-electron chi connectivity index (χ0n) is 9.26. The molecular weight excluding hydrogens is 218 g/mol. The minimum Gasteiger partial charge on any atom is -0.288 e. The summed E-state index contributed by atoms with van der Waals surface area (Å²) in [6.45, 7) is 0. The summed E-state index contributed by atoms with van der Waals surface area (Å²) in [7, 11) is 0. The van der Waals surface area contributed by atoms with Crippen LogP contribution in [-0.4, -0.2) is 29.0 Å². The molecule has 1 radical (unpaired) electrons. The van der Waals surface area contributed by atoms with Gasteiger partial charge in [-0.05, 0) is 5.56 Å². The van der Waals surface area contributed by atoms with E-state index in [1.54, 1.807) is 6.29 Å². The molecule has 4 heteroatoms. The number of carbonyl (C=O) groups is 2. The Balaban J connectivity index is 2.14. The van der Waals surface area contributed by atoms with Gasteiger partial charge in [-0.25, -0.2) is 0 Å². The van der Waals surface area contributed by atoms with Crippen molar-refractivity contribution in [3.63, 3.8) is 0 Å². The molecule has 1 aliphatic rings. The second-order valence-electron chi connectivity index (χ2n) is 3.98. The normalized spacial score (nSPS) is 17.3. The third-order valence-electron chi connectivity index (χ3n) is 2.81. The third kappa shape index (κ3) is 2.41. The molecule has 17 heavy (non-hydrogen) atoms. The molecule has 0 N–H and O–H groups in total. The fourth-order valence-electron chi connectivity index (χ4n) is 1.96. The average Bonchev–Trinajstić information content (AvgIpc) is 2.68. The SMILES string of the molecule is O=[C]C(Cc1ccccc1)N1C(=O)CCC1=O. The van der Waals surface area contributed by atoms with Crippen LogP contribution < -0.4 is 0 Å². The first-order valence-electron chi connectivity index (χ1n) is 5.49. The van der Waals surface area contributed by atoms with Crippen molar-refractivity contribution < 1.29 is 14.4 Å². The van der Waals surface area contributed by atoms with E-state index in [9.17, 15) is 14.4 Å². The standard InChI is InChI=1S/C13H12NO3/c15-9-11(8-10-4-2-1-3-5-10)14-12(16)6-7-13(14)17/h1-5,11H,6-8H2. The highest BCUT2D eigenvalue weighted by Gasteiger charge is 2.35. The van der Waals surface area contributed by atoms with E-state index >= 15 is 0 Å². The number of hydrogen-bond donors (Lipinski definition) is 0. The van der Waals surface area contributed by atoms with Gasteiger partial charge in [0.25, 0.3) is 0 Å². The minimum atomic E-state index is -0.792. The van der Waals surface area contributed by atoms with Crippen LogP contribution in [0.2, 0.25) is 0 Å². The molecule has 1 unspecified atom stereocenters. The average molecular weight is 230 g/mol. The van der Waals surface area contributed by atoms with Gasteiger partial charge in [0, 0.05) is 19.3 Å². The maximum absolute atomic E-state index is 11.5. The first kappa shape index (κ1) is 11.5. The van der Waals surface area contributed by atoms with Crippen molar-refractivity contribution in [1.29, 1.82) is 0 Å². The molecule has 1 aromatic rings. The monoisotopic (exact) mass is 230 g/mol. The Labute approximate surface area is 99.2 Å². The molecule has 0 aliphatic carbocycles. The molecule has 1 fully saturated rings. The van der Waals surface area contributed by atoms with Crippen molar-refractivity contribution in [3.8, 4) is 0 Å². The number of benzene rings is 1. The molecule has 1 aromatic carbocycles. The van der Waals surface area contributed by atoms with Crippen LogP contribution in [0.25, 0.3) is 0 Å². The predicted molar refractivity (Wildman–Crippen MR) is 60.7 cm³/mol. The number of likely N-dealkylation sites (tertiary alicyclic amines) is 1. The Morgan fingerprint density at radius 1 is 1.12 bits per heavy atom. The van der Waals surface area contributed by atoms with Crippen LogP contribution in [0, 0.1) is 0 Å². The molecule has 2 rings (SSSR count). The molecule has 87 valence electrons. The second-order valence-corrected chi connectivity index (χ2v) is 3.98. The topological polar surface area (TPSA) is 54.5 Å². The first-order valence-corrected chi connectivity index (χ1v) is 5.49. The van der Waals surface area contributed by atoms with Gasteiger partial charge in [-0.15, -0.1) is 0 Å². The van der Waals surface area contributed by atoms with E-state index in [4.69, 9.17) is 0 Å². The minimum absolute atomic E-state index is 0.200. The number of imide groups is 1. The highest BCUT2D eigenvalue weighted by atomic mass is 16.2. The summed E-state index contributed by atoms with van der Waals surface area (Å²) in [6, 6.07) is 8.50. The van der Waals surface area contributed by atoms with Crippen LogP contribution in [0.3, 0.4) is 0 Å². The van der Waals surface area contributed by atoms with Gasteiger partial charge in [-0.1, -0.05) is 30.3 Å². The summed E-state index contributed by atoms with van der Waals surface area (Å²) in [5.41, 5.74) is 0.911. The molecular formula is C13H12NO3. The Kier molecular flexibility index (Phi) is 3.32. The van der Waals surface area contributed by atoms with Crippen molar-refractivity contribution >= 4 is 18.1 Å². The van der Waals surface area contributed by atoms with Gasteiger partial charge >= 0.3 is 0 Å². The van der Waals surface area contributed by atoms with Gasteiger partial charge in [0.15, 0.2) is 0 Å². The Morgan fingerprint density at radius 3 is 2.24 bits per heavy atom. The lowest BCUT2D eigenvalue weighted by atomic mass is 10.1. The van der Waals surface area contributed by atoms with Crippen LogP contribution in [-0.2, 0) is 20.8 Å². The third-order valence-corrected chi connectivity index (χ3v) is 2.81.